The molecule has 23 heavy (non-hydrogen) atoms. The average molecular weight is 310 g/mol. The van der Waals surface area contributed by atoms with Crippen molar-refractivity contribution >= 4 is 5.91 Å². The van der Waals surface area contributed by atoms with Crippen molar-refractivity contribution in [3.05, 3.63) is 58.9 Å². The fourth-order valence-corrected chi connectivity index (χ4v) is 3.04. The van der Waals surface area contributed by atoms with Crippen LogP contribution >= 0.6 is 0 Å². The second-order valence-electron chi connectivity index (χ2n) is 6.11. The predicted molar refractivity (Wildman–Crippen MR) is 88.7 cm³/mol. The van der Waals surface area contributed by atoms with E-state index in [9.17, 15) is 4.79 Å². The molecule has 0 aliphatic carbocycles. The van der Waals surface area contributed by atoms with Crippen LogP contribution in [0.5, 0.6) is 0 Å². The number of carbonyl (C=O) groups excluding carboxylic acids is 1. The lowest BCUT2D eigenvalue weighted by Crippen LogP contribution is -2.46. The zero-order chi connectivity index (χ0) is 16.4. The summed E-state index contributed by atoms with van der Waals surface area (Å²) in [6, 6.07) is 8.44. The summed E-state index contributed by atoms with van der Waals surface area (Å²) in [5.74, 6) is 0.101. The van der Waals surface area contributed by atoms with Crippen LogP contribution in [0.2, 0.25) is 0 Å². The van der Waals surface area contributed by atoms with Gasteiger partial charge in [-0.3, -0.25) is 9.48 Å². The first kappa shape index (κ1) is 15.5. The van der Waals surface area contributed by atoms with Crippen LogP contribution in [0.1, 0.15) is 30.7 Å². The van der Waals surface area contributed by atoms with Gasteiger partial charge in [0, 0.05) is 18.3 Å². The van der Waals surface area contributed by atoms with E-state index in [0.29, 0.717) is 13.1 Å². The maximum atomic E-state index is 12.8. The highest BCUT2D eigenvalue weighted by atomic mass is 16.2. The van der Waals surface area contributed by atoms with Gasteiger partial charge < -0.3 is 4.90 Å². The summed E-state index contributed by atoms with van der Waals surface area (Å²) in [7, 11) is 0. The van der Waals surface area contributed by atoms with Crippen molar-refractivity contribution in [1.82, 2.24) is 19.9 Å². The molecule has 1 aromatic carbocycles. The van der Waals surface area contributed by atoms with Crippen LogP contribution in [0.4, 0.5) is 0 Å². The number of fused-ring (bicyclic) bond motifs is 1. The van der Waals surface area contributed by atoms with Gasteiger partial charge >= 0.3 is 0 Å². The third-order valence-corrected chi connectivity index (χ3v) is 4.44. The van der Waals surface area contributed by atoms with E-state index in [1.807, 2.05) is 48.7 Å². The normalized spacial score (nSPS) is 18.0. The van der Waals surface area contributed by atoms with E-state index in [0.717, 1.165) is 17.7 Å². The number of aryl methyl sites for hydroxylation is 1. The number of benzene rings is 1. The minimum absolute atomic E-state index is 0.0911. The number of allylic oxidation sites excluding steroid dienone is 1. The highest BCUT2D eigenvalue weighted by Crippen LogP contribution is 2.25. The standard InChI is InChI=1S/C18H22N4O/c1-4-13(2)18(23)22-11-16-8-6-5-7-15(16)9-17(22)12-21-10-14(3)19-20-21/h4-8,10,17H,9,11-12H2,1-3H3. The molecule has 0 bridgehead atoms. The quantitative estimate of drug-likeness (QED) is 0.819. The summed E-state index contributed by atoms with van der Waals surface area (Å²) in [6.45, 7) is 7.02. The van der Waals surface area contributed by atoms with Gasteiger partial charge in [0.1, 0.15) is 0 Å². The number of amides is 1. The Morgan fingerprint density at radius 2 is 2.09 bits per heavy atom. The minimum Gasteiger partial charge on any atom is -0.329 e. The topological polar surface area (TPSA) is 51.0 Å². The van der Waals surface area contributed by atoms with Crippen molar-refractivity contribution in [2.75, 3.05) is 0 Å². The Balaban J connectivity index is 1.91. The van der Waals surface area contributed by atoms with Crippen LogP contribution in [0.25, 0.3) is 0 Å². The van der Waals surface area contributed by atoms with Gasteiger partial charge in [-0.25, -0.2) is 0 Å². The molecule has 0 fully saturated rings. The number of hydrogen-bond acceptors (Lipinski definition) is 3. The third-order valence-electron chi connectivity index (χ3n) is 4.44. The molecule has 1 unspecified atom stereocenters. The molecule has 5 heteroatoms. The lowest BCUT2D eigenvalue weighted by Gasteiger charge is -2.37. The monoisotopic (exact) mass is 310 g/mol. The molecule has 1 atom stereocenters. The molecule has 1 aromatic heterocycles. The Morgan fingerprint density at radius 1 is 1.35 bits per heavy atom. The van der Waals surface area contributed by atoms with E-state index in [-0.39, 0.29) is 11.9 Å². The Kier molecular flexibility index (Phi) is 4.28. The SMILES string of the molecule is CC=C(C)C(=O)N1Cc2ccccc2CC1Cn1cc(C)nn1. The molecule has 0 spiro atoms. The zero-order valence-electron chi connectivity index (χ0n) is 13.9. The third kappa shape index (κ3) is 3.18. The van der Waals surface area contributed by atoms with E-state index in [2.05, 4.69) is 28.5 Å². The Hall–Kier alpha value is -2.43. The number of nitrogens with zero attached hydrogens (tertiary/aromatic N) is 4. The van der Waals surface area contributed by atoms with Gasteiger partial charge in [0.2, 0.25) is 5.91 Å². The van der Waals surface area contributed by atoms with Gasteiger partial charge in [-0.1, -0.05) is 35.6 Å². The maximum absolute atomic E-state index is 12.8. The lowest BCUT2D eigenvalue weighted by atomic mass is 9.93. The van der Waals surface area contributed by atoms with Crippen LogP contribution in [-0.2, 0) is 24.3 Å². The molecule has 1 amide bonds. The fourth-order valence-electron chi connectivity index (χ4n) is 3.04. The fraction of sp³-hybridized carbons (Fsp3) is 0.389. The Bertz CT molecular complexity index is 747. The second-order valence-corrected chi connectivity index (χ2v) is 6.11. The summed E-state index contributed by atoms with van der Waals surface area (Å²) >= 11 is 0. The summed E-state index contributed by atoms with van der Waals surface area (Å²) < 4.78 is 1.83. The molecular weight excluding hydrogens is 288 g/mol. The number of rotatable bonds is 3. The molecule has 120 valence electrons. The van der Waals surface area contributed by atoms with E-state index >= 15 is 0 Å². The number of aromatic nitrogens is 3. The molecule has 0 saturated carbocycles. The Labute approximate surface area is 136 Å². The Morgan fingerprint density at radius 3 is 2.74 bits per heavy atom. The van der Waals surface area contributed by atoms with Gasteiger partial charge in [-0.15, -0.1) is 5.10 Å². The van der Waals surface area contributed by atoms with Crippen molar-refractivity contribution in [1.29, 1.82) is 0 Å². The second kappa shape index (κ2) is 6.36. The molecule has 0 N–H and O–H groups in total. The molecule has 3 rings (SSSR count). The van der Waals surface area contributed by atoms with Gasteiger partial charge in [-0.05, 0) is 38.3 Å². The van der Waals surface area contributed by atoms with Crippen LogP contribution in [0.15, 0.2) is 42.1 Å². The summed E-state index contributed by atoms with van der Waals surface area (Å²) in [4.78, 5) is 14.7. The summed E-state index contributed by atoms with van der Waals surface area (Å²) in [5, 5.41) is 8.18. The van der Waals surface area contributed by atoms with Crippen molar-refractivity contribution in [3.8, 4) is 0 Å². The van der Waals surface area contributed by atoms with Gasteiger partial charge in [0.15, 0.2) is 0 Å². The number of carbonyl (C=O) groups is 1. The maximum Gasteiger partial charge on any atom is 0.249 e. The lowest BCUT2D eigenvalue weighted by molar-refractivity contribution is -0.130. The van der Waals surface area contributed by atoms with E-state index in [1.165, 1.54) is 11.1 Å². The van der Waals surface area contributed by atoms with Crippen molar-refractivity contribution in [3.63, 3.8) is 0 Å². The summed E-state index contributed by atoms with van der Waals surface area (Å²) in [5.41, 5.74) is 4.22. The van der Waals surface area contributed by atoms with Crippen LogP contribution in [0, 0.1) is 6.92 Å². The molecule has 2 aromatic rings. The molecule has 1 aliphatic heterocycles. The van der Waals surface area contributed by atoms with E-state index in [1.54, 1.807) is 0 Å². The molecule has 2 heterocycles. The largest absolute Gasteiger partial charge is 0.329 e. The molecular formula is C18H22N4O. The summed E-state index contributed by atoms with van der Waals surface area (Å²) in [6.07, 6.45) is 4.64. The minimum atomic E-state index is 0.0911. The average Bonchev–Trinajstić information content (AvgIpc) is 2.97. The number of hydrogen-bond donors (Lipinski definition) is 0. The zero-order valence-corrected chi connectivity index (χ0v) is 13.9. The smallest absolute Gasteiger partial charge is 0.249 e. The first-order valence-electron chi connectivity index (χ1n) is 7.96. The molecule has 1 aliphatic rings. The molecule has 0 radical (unpaired) electrons. The van der Waals surface area contributed by atoms with Gasteiger partial charge in [0.25, 0.3) is 0 Å². The van der Waals surface area contributed by atoms with Gasteiger partial charge in [0.05, 0.1) is 18.3 Å². The van der Waals surface area contributed by atoms with Crippen molar-refractivity contribution in [2.45, 2.75) is 46.3 Å². The predicted octanol–water partition coefficient (Wildman–Crippen LogP) is 2.51. The van der Waals surface area contributed by atoms with Crippen LogP contribution in [-0.4, -0.2) is 31.8 Å². The molecule has 5 nitrogen and oxygen atoms in total. The van der Waals surface area contributed by atoms with Crippen molar-refractivity contribution < 1.29 is 4.79 Å². The van der Waals surface area contributed by atoms with Crippen molar-refractivity contribution in [2.24, 2.45) is 0 Å². The highest BCUT2D eigenvalue weighted by molar-refractivity contribution is 5.93. The first-order chi connectivity index (χ1) is 11.1. The first-order valence-corrected chi connectivity index (χ1v) is 7.96. The highest BCUT2D eigenvalue weighted by Gasteiger charge is 2.30. The molecule has 0 saturated heterocycles. The van der Waals surface area contributed by atoms with Crippen LogP contribution < -0.4 is 0 Å². The van der Waals surface area contributed by atoms with E-state index < -0.39 is 0 Å². The van der Waals surface area contributed by atoms with Crippen LogP contribution in [0.3, 0.4) is 0 Å². The van der Waals surface area contributed by atoms with Gasteiger partial charge in [-0.2, -0.15) is 0 Å². The van der Waals surface area contributed by atoms with E-state index in [4.69, 9.17) is 0 Å².